The molecule has 0 aliphatic heterocycles. The summed E-state index contributed by atoms with van der Waals surface area (Å²) in [5.41, 5.74) is 1.51. The predicted molar refractivity (Wildman–Crippen MR) is 102 cm³/mol. The molecule has 0 fully saturated rings. The molecule has 2 rings (SSSR count). The van der Waals surface area contributed by atoms with Crippen LogP contribution in [0.4, 0.5) is 0 Å². The molecule has 0 unspecified atom stereocenters. The van der Waals surface area contributed by atoms with E-state index >= 15 is 0 Å². The highest BCUT2D eigenvalue weighted by Gasteiger charge is 2.07. The second kappa shape index (κ2) is 11.0. The molecule has 22 heavy (non-hydrogen) atoms. The normalized spacial score (nSPS) is 11.1. The van der Waals surface area contributed by atoms with Crippen molar-refractivity contribution < 1.29 is 0 Å². The van der Waals surface area contributed by atoms with E-state index in [2.05, 4.69) is 35.9 Å². The standard InChI is InChI=1S/C20H29S2/c1-2-3-4-5-6-7-8-9-10-11-13-18-15-17-22-20(18)19-14-12-16-21-19/h12,14-16H,2-11,13H2,1H3. The van der Waals surface area contributed by atoms with Gasteiger partial charge in [0.2, 0.25) is 0 Å². The maximum atomic E-state index is 3.32. The molecular weight excluding hydrogens is 304 g/mol. The molecule has 0 saturated carbocycles. The Morgan fingerprint density at radius 1 is 0.909 bits per heavy atom. The van der Waals surface area contributed by atoms with Crippen LogP contribution in [0.2, 0.25) is 0 Å². The molecule has 0 spiro atoms. The molecule has 1 radical (unpaired) electrons. The Balaban J connectivity index is 1.54. The summed E-state index contributed by atoms with van der Waals surface area (Å²) in [6.45, 7) is 2.29. The van der Waals surface area contributed by atoms with Gasteiger partial charge in [0.25, 0.3) is 0 Å². The van der Waals surface area contributed by atoms with Crippen molar-refractivity contribution in [2.24, 2.45) is 0 Å². The van der Waals surface area contributed by atoms with Gasteiger partial charge in [-0.2, -0.15) is 0 Å². The van der Waals surface area contributed by atoms with E-state index < -0.39 is 0 Å². The molecule has 0 bridgehead atoms. The van der Waals surface area contributed by atoms with Crippen LogP contribution in [-0.2, 0) is 6.42 Å². The zero-order valence-electron chi connectivity index (χ0n) is 13.9. The third kappa shape index (κ3) is 6.26. The predicted octanol–water partition coefficient (Wildman–Crippen LogP) is 7.74. The van der Waals surface area contributed by atoms with Gasteiger partial charge < -0.3 is 0 Å². The first-order valence-electron chi connectivity index (χ1n) is 8.94. The molecule has 2 aromatic rings. The molecule has 2 heterocycles. The highest BCUT2D eigenvalue weighted by atomic mass is 32.1. The van der Waals surface area contributed by atoms with Crippen LogP contribution in [0.3, 0.4) is 0 Å². The molecule has 0 atom stereocenters. The van der Waals surface area contributed by atoms with Crippen LogP contribution in [0.5, 0.6) is 0 Å². The lowest BCUT2D eigenvalue weighted by atomic mass is 10.0. The summed E-state index contributed by atoms with van der Waals surface area (Å²) >= 11 is 3.62. The molecule has 0 aliphatic carbocycles. The summed E-state index contributed by atoms with van der Waals surface area (Å²) in [6, 6.07) is 6.57. The van der Waals surface area contributed by atoms with Gasteiger partial charge in [-0.1, -0.05) is 70.8 Å². The van der Waals surface area contributed by atoms with Crippen molar-refractivity contribution in [1.29, 1.82) is 0 Å². The molecular formula is C20H29S2. The molecule has 0 aromatic carbocycles. The lowest BCUT2D eigenvalue weighted by Crippen LogP contribution is -1.86. The number of aryl methyl sites for hydroxylation is 1. The Morgan fingerprint density at radius 2 is 1.59 bits per heavy atom. The molecule has 0 saturated heterocycles. The van der Waals surface area contributed by atoms with E-state index in [1.54, 1.807) is 11.3 Å². The van der Waals surface area contributed by atoms with Gasteiger partial charge in [0.15, 0.2) is 0 Å². The average molecular weight is 334 g/mol. The quantitative estimate of drug-likeness (QED) is 0.348. The van der Waals surface area contributed by atoms with Gasteiger partial charge in [-0.3, -0.25) is 0 Å². The van der Waals surface area contributed by atoms with Crippen molar-refractivity contribution >= 4 is 22.7 Å². The Morgan fingerprint density at radius 3 is 2.23 bits per heavy atom. The van der Waals surface area contributed by atoms with Crippen molar-refractivity contribution in [3.63, 3.8) is 0 Å². The van der Waals surface area contributed by atoms with E-state index in [1.165, 1.54) is 85.9 Å². The van der Waals surface area contributed by atoms with Gasteiger partial charge in [-0.25, -0.2) is 0 Å². The van der Waals surface area contributed by atoms with Crippen LogP contribution >= 0.6 is 22.7 Å². The van der Waals surface area contributed by atoms with E-state index in [-0.39, 0.29) is 0 Å². The fourth-order valence-electron chi connectivity index (χ4n) is 2.90. The third-order valence-electron chi connectivity index (χ3n) is 4.23. The van der Waals surface area contributed by atoms with Crippen LogP contribution in [0.15, 0.2) is 23.6 Å². The van der Waals surface area contributed by atoms with Gasteiger partial charge in [0.1, 0.15) is 0 Å². The fourth-order valence-corrected chi connectivity index (χ4v) is 4.64. The summed E-state index contributed by atoms with van der Waals surface area (Å²) in [5, 5.41) is 5.49. The Labute approximate surface area is 144 Å². The van der Waals surface area contributed by atoms with Crippen LogP contribution in [0, 0.1) is 5.38 Å². The van der Waals surface area contributed by atoms with Crippen LogP contribution in [-0.4, -0.2) is 0 Å². The van der Waals surface area contributed by atoms with E-state index in [4.69, 9.17) is 0 Å². The maximum Gasteiger partial charge on any atom is 0.0481 e. The molecule has 121 valence electrons. The zero-order valence-corrected chi connectivity index (χ0v) is 15.5. The van der Waals surface area contributed by atoms with Crippen molar-refractivity contribution in [2.45, 2.75) is 77.6 Å². The third-order valence-corrected chi connectivity index (χ3v) is 6.17. The minimum absolute atomic E-state index is 1.23. The summed E-state index contributed by atoms with van der Waals surface area (Å²) < 4.78 is 0. The Bertz CT molecular complexity index is 482. The Kier molecular flexibility index (Phi) is 8.89. The number of unbranched alkanes of at least 4 members (excludes halogenated alkanes) is 9. The molecule has 2 heteroatoms. The Hall–Kier alpha value is -0.600. The SMILES string of the molecule is CCCCCCCCCCCCc1c[c]sc1-c1cccs1. The first kappa shape index (κ1) is 17.7. The van der Waals surface area contributed by atoms with E-state index in [0.717, 1.165) is 0 Å². The average Bonchev–Trinajstić information content (AvgIpc) is 3.19. The minimum atomic E-state index is 1.23. The second-order valence-electron chi connectivity index (χ2n) is 6.13. The summed E-state index contributed by atoms with van der Waals surface area (Å²) in [6.07, 6.45) is 15.3. The smallest absolute Gasteiger partial charge is 0.0481 e. The second-order valence-corrected chi connectivity index (χ2v) is 7.92. The van der Waals surface area contributed by atoms with Crippen molar-refractivity contribution in [3.05, 3.63) is 34.5 Å². The fraction of sp³-hybridized carbons (Fsp3) is 0.600. The van der Waals surface area contributed by atoms with Gasteiger partial charge in [-0.05, 0) is 35.9 Å². The van der Waals surface area contributed by atoms with E-state index in [9.17, 15) is 0 Å². The van der Waals surface area contributed by atoms with Gasteiger partial charge in [-0.15, -0.1) is 22.7 Å². The van der Waals surface area contributed by atoms with Crippen molar-refractivity contribution in [1.82, 2.24) is 0 Å². The molecule has 0 aliphatic rings. The first-order chi connectivity index (χ1) is 10.9. The highest BCUT2D eigenvalue weighted by Crippen LogP contribution is 2.33. The van der Waals surface area contributed by atoms with E-state index in [0.29, 0.717) is 0 Å². The van der Waals surface area contributed by atoms with Gasteiger partial charge >= 0.3 is 0 Å². The lowest BCUT2D eigenvalue weighted by molar-refractivity contribution is 0.556. The molecule has 0 amide bonds. The van der Waals surface area contributed by atoms with Crippen molar-refractivity contribution in [3.8, 4) is 9.75 Å². The van der Waals surface area contributed by atoms with E-state index in [1.807, 2.05) is 11.3 Å². The van der Waals surface area contributed by atoms with Gasteiger partial charge in [0.05, 0.1) is 0 Å². The molecule has 0 nitrogen and oxygen atoms in total. The van der Waals surface area contributed by atoms with Crippen LogP contribution in [0.25, 0.3) is 9.75 Å². The minimum Gasteiger partial charge on any atom is -0.143 e. The number of thiophene rings is 2. The zero-order chi connectivity index (χ0) is 15.5. The number of hydrogen-bond donors (Lipinski definition) is 0. The highest BCUT2D eigenvalue weighted by molar-refractivity contribution is 7.20. The molecule has 0 N–H and O–H groups in total. The monoisotopic (exact) mass is 333 g/mol. The van der Waals surface area contributed by atoms with Crippen LogP contribution in [0.1, 0.15) is 76.7 Å². The summed E-state index contributed by atoms with van der Waals surface area (Å²) in [7, 11) is 0. The lowest BCUT2D eigenvalue weighted by Gasteiger charge is -2.03. The first-order valence-corrected chi connectivity index (χ1v) is 10.6. The topological polar surface area (TPSA) is 0 Å². The number of rotatable bonds is 12. The maximum absolute atomic E-state index is 3.32. The largest absolute Gasteiger partial charge is 0.143 e. The van der Waals surface area contributed by atoms with Gasteiger partial charge in [0, 0.05) is 15.1 Å². The summed E-state index contributed by atoms with van der Waals surface area (Å²) in [4.78, 5) is 2.86. The van der Waals surface area contributed by atoms with Crippen LogP contribution < -0.4 is 0 Å². The number of hydrogen-bond acceptors (Lipinski definition) is 2. The molecule has 2 aromatic heterocycles. The summed E-state index contributed by atoms with van der Waals surface area (Å²) in [5.74, 6) is 0. The van der Waals surface area contributed by atoms with Crippen molar-refractivity contribution in [2.75, 3.05) is 0 Å².